The molecule has 7 nitrogen and oxygen atoms in total. The first kappa shape index (κ1) is 18.8. The average molecular weight is 367 g/mol. The van der Waals surface area contributed by atoms with Crippen molar-refractivity contribution in [3.05, 3.63) is 47.4 Å². The van der Waals surface area contributed by atoms with E-state index < -0.39 is 0 Å². The molecule has 1 saturated heterocycles. The lowest BCUT2D eigenvalue weighted by Gasteiger charge is -2.34. The molecule has 142 valence electrons. The lowest BCUT2D eigenvalue weighted by molar-refractivity contribution is -0.129. The predicted octanol–water partition coefficient (Wildman–Crippen LogP) is 2.27. The molecule has 1 fully saturated rings. The van der Waals surface area contributed by atoms with Crippen molar-refractivity contribution in [3.8, 4) is 0 Å². The van der Waals surface area contributed by atoms with Gasteiger partial charge in [0.1, 0.15) is 17.8 Å². The predicted molar refractivity (Wildman–Crippen MR) is 105 cm³/mol. The highest BCUT2D eigenvalue weighted by Gasteiger charge is 2.21. The van der Waals surface area contributed by atoms with Crippen molar-refractivity contribution < 1.29 is 9.59 Å². The maximum atomic E-state index is 12.7. The summed E-state index contributed by atoms with van der Waals surface area (Å²) in [6.45, 7) is 8.32. The first-order valence-corrected chi connectivity index (χ1v) is 9.22. The van der Waals surface area contributed by atoms with Gasteiger partial charge in [-0.2, -0.15) is 0 Å². The summed E-state index contributed by atoms with van der Waals surface area (Å²) in [4.78, 5) is 36.5. The molecule has 7 heteroatoms. The fraction of sp³-hybridized carbons (Fsp3) is 0.400. The van der Waals surface area contributed by atoms with Crippen LogP contribution in [0.3, 0.4) is 0 Å². The number of amides is 2. The zero-order valence-corrected chi connectivity index (χ0v) is 16.0. The lowest BCUT2D eigenvalue weighted by atomic mass is 10.1. The van der Waals surface area contributed by atoms with E-state index in [-0.39, 0.29) is 11.8 Å². The van der Waals surface area contributed by atoms with Crippen LogP contribution in [0.4, 0.5) is 11.5 Å². The molecule has 1 aliphatic rings. The van der Waals surface area contributed by atoms with E-state index in [1.54, 1.807) is 13.0 Å². The third-order valence-corrected chi connectivity index (χ3v) is 4.91. The van der Waals surface area contributed by atoms with Gasteiger partial charge in [-0.15, -0.1) is 0 Å². The summed E-state index contributed by atoms with van der Waals surface area (Å²) < 4.78 is 0. The standard InChI is InChI=1S/C20H25N5O2/c1-4-16-7-5-6-14(2)19(16)23-20(27)17-12-18(22-13-21-17)25-10-8-24(9-11-25)15(3)26/h5-7,12-13H,4,8-11H2,1-3H3,(H,23,27). The number of benzene rings is 1. The molecule has 2 heterocycles. The van der Waals surface area contributed by atoms with Gasteiger partial charge in [-0.3, -0.25) is 9.59 Å². The van der Waals surface area contributed by atoms with Crippen molar-refractivity contribution in [3.63, 3.8) is 0 Å². The molecular formula is C20H25N5O2. The molecule has 0 bridgehead atoms. The van der Waals surface area contributed by atoms with E-state index in [0.717, 1.165) is 23.2 Å². The van der Waals surface area contributed by atoms with Crippen LogP contribution in [0, 0.1) is 6.92 Å². The van der Waals surface area contributed by atoms with Gasteiger partial charge in [-0.25, -0.2) is 9.97 Å². The molecule has 0 spiro atoms. The van der Waals surface area contributed by atoms with Crippen LogP contribution in [0.2, 0.25) is 0 Å². The fourth-order valence-electron chi connectivity index (χ4n) is 3.27. The van der Waals surface area contributed by atoms with Gasteiger partial charge in [-0.1, -0.05) is 25.1 Å². The summed E-state index contributed by atoms with van der Waals surface area (Å²) in [6.07, 6.45) is 2.26. The van der Waals surface area contributed by atoms with E-state index in [2.05, 4.69) is 27.1 Å². The van der Waals surface area contributed by atoms with Gasteiger partial charge < -0.3 is 15.1 Å². The number of carbonyl (C=O) groups is 2. The van der Waals surface area contributed by atoms with E-state index in [0.29, 0.717) is 37.7 Å². The quantitative estimate of drug-likeness (QED) is 0.897. The van der Waals surface area contributed by atoms with Crippen LogP contribution in [-0.4, -0.2) is 52.9 Å². The molecule has 0 saturated carbocycles. The molecule has 0 unspecified atom stereocenters. The maximum absolute atomic E-state index is 12.7. The highest BCUT2D eigenvalue weighted by atomic mass is 16.2. The van der Waals surface area contributed by atoms with E-state index in [9.17, 15) is 9.59 Å². The second-order valence-electron chi connectivity index (χ2n) is 6.67. The Bertz CT molecular complexity index is 844. The Morgan fingerprint density at radius 3 is 2.56 bits per heavy atom. The molecule has 27 heavy (non-hydrogen) atoms. The Hall–Kier alpha value is -2.96. The first-order chi connectivity index (χ1) is 13.0. The number of para-hydroxylation sites is 1. The number of carbonyl (C=O) groups excluding carboxylic acids is 2. The summed E-state index contributed by atoms with van der Waals surface area (Å²) in [7, 11) is 0. The number of nitrogens with zero attached hydrogens (tertiary/aromatic N) is 4. The van der Waals surface area contributed by atoms with Crippen molar-refractivity contribution in [2.24, 2.45) is 0 Å². The molecule has 1 N–H and O–H groups in total. The second-order valence-corrected chi connectivity index (χ2v) is 6.67. The van der Waals surface area contributed by atoms with Crippen molar-refractivity contribution in [2.45, 2.75) is 27.2 Å². The molecular weight excluding hydrogens is 342 g/mol. The smallest absolute Gasteiger partial charge is 0.274 e. The summed E-state index contributed by atoms with van der Waals surface area (Å²) in [6, 6.07) is 7.70. The van der Waals surface area contributed by atoms with Gasteiger partial charge in [-0.05, 0) is 24.5 Å². The fourth-order valence-corrected chi connectivity index (χ4v) is 3.27. The first-order valence-electron chi connectivity index (χ1n) is 9.22. The van der Waals surface area contributed by atoms with Crippen molar-refractivity contribution >= 4 is 23.3 Å². The van der Waals surface area contributed by atoms with Crippen LogP contribution in [0.5, 0.6) is 0 Å². The van der Waals surface area contributed by atoms with E-state index in [4.69, 9.17) is 0 Å². The minimum atomic E-state index is -0.245. The highest BCUT2D eigenvalue weighted by molar-refractivity contribution is 6.04. The van der Waals surface area contributed by atoms with Gasteiger partial charge in [0.25, 0.3) is 5.91 Å². The van der Waals surface area contributed by atoms with Gasteiger partial charge in [0.2, 0.25) is 5.91 Å². The molecule has 1 aliphatic heterocycles. The molecule has 2 aromatic rings. The van der Waals surface area contributed by atoms with Gasteiger partial charge in [0.05, 0.1) is 0 Å². The number of anilines is 2. The normalized spacial score (nSPS) is 14.2. The van der Waals surface area contributed by atoms with Crippen LogP contribution in [0.15, 0.2) is 30.6 Å². The Labute approximate surface area is 159 Å². The summed E-state index contributed by atoms with van der Waals surface area (Å²) in [5.41, 5.74) is 3.30. The van der Waals surface area contributed by atoms with Gasteiger partial charge in [0, 0.05) is 44.9 Å². The Morgan fingerprint density at radius 2 is 1.89 bits per heavy atom. The lowest BCUT2D eigenvalue weighted by Crippen LogP contribution is -2.48. The molecule has 0 radical (unpaired) electrons. The largest absolute Gasteiger partial charge is 0.353 e. The monoisotopic (exact) mass is 367 g/mol. The van der Waals surface area contributed by atoms with Crippen molar-refractivity contribution in [2.75, 3.05) is 36.4 Å². The summed E-state index contributed by atoms with van der Waals surface area (Å²) in [5, 5.41) is 3.00. The number of hydrogen-bond acceptors (Lipinski definition) is 5. The Morgan fingerprint density at radius 1 is 1.15 bits per heavy atom. The minimum Gasteiger partial charge on any atom is -0.353 e. The van der Waals surface area contributed by atoms with Gasteiger partial charge in [0.15, 0.2) is 0 Å². The van der Waals surface area contributed by atoms with Crippen LogP contribution in [0.25, 0.3) is 0 Å². The zero-order valence-electron chi connectivity index (χ0n) is 16.0. The van der Waals surface area contributed by atoms with Crippen LogP contribution in [0.1, 0.15) is 35.5 Å². The van der Waals surface area contributed by atoms with Crippen molar-refractivity contribution in [1.29, 1.82) is 0 Å². The molecule has 0 aliphatic carbocycles. The van der Waals surface area contributed by atoms with Crippen molar-refractivity contribution in [1.82, 2.24) is 14.9 Å². The van der Waals surface area contributed by atoms with E-state index >= 15 is 0 Å². The Kier molecular flexibility index (Phi) is 5.69. The average Bonchev–Trinajstić information content (AvgIpc) is 2.69. The number of nitrogens with one attached hydrogen (secondary N) is 1. The molecule has 2 amide bonds. The van der Waals surface area contributed by atoms with Crippen LogP contribution >= 0.6 is 0 Å². The molecule has 3 rings (SSSR count). The molecule has 1 aromatic heterocycles. The SMILES string of the molecule is CCc1cccc(C)c1NC(=O)c1cc(N2CCN(C(C)=O)CC2)ncn1. The van der Waals surface area contributed by atoms with Gasteiger partial charge >= 0.3 is 0 Å². The Balaban J connectivity index is 1.74. The summed E-state index contributed by atoms with van der Waals surface area (Å²) in [5.74, 6) is 0.547. The third kappa shape index (κ3) is 4.24. The number of hydrogen-bond donors (Lipinski definition) is 1. The van der Waals surface area contributed by atoms with E-state index in [1.807, 2.05) is 30.0 Å². The molecule has 0 atom stereocenters. The number of aryl methyl sites for hydroxylation is 2. The second kappa shape index (κ2) is 8.16. The zero-order chi connectivity index (χ0) is 19.4. The van der Waals surface area contributed by atoms with Crippen LogP contribution in [-0.2, 0) is 11.2 Å². The van der Waals surface area contributed by atoms with E-state index in [1.165, 1.54) is 6.33 Å². The number of aromatic nitrogens is 2. The highest BCUT2D eigenvalue weighted by Crippen LogP contribution is 2.22. The van der Waals surface area contributed by atoms with Crippen LogP contribution < -0.4 is 10.2 Å². The number of rotatable bonds is 4. The number of piperazine rings is 1. The summed E-state index contributed by atoms with van der Waals surface area (Å²) >= 11 is 0. The topological polar surface area (TPSA) is 78.4 Å². The third-order valence-electron chi connectivity index (χ3n) is 4.91. The minimum absolute atomic E-state index is 0.0855. The maximum Gasteiger partial charge on any atom is 0.274 e. The molecule has 1 aromatic carbocycles.